The van der Waals surface area contributed by atoms with Crippen molar-refractivity contribution in [2.75, 3.05) is 32.2 Å². The lowest BCUT2D eigenvalue weighted by Crippen LogP contribution is -2.39. The Morgan fingerprint density at radius 2 is 1.91 bits per heavy atom. The number of benzene rings is 2. The molecule has 0 unspecified atom stereocenters. The number of fused-ring (bicyclic) bond motifs is 2. The summed E-state index contributed by atoms with van der Waals surface area (Å²) in [6.07, 6.45) is 0.629. The van der Waals surface area contributed by atoms with E-state index in [2.05, 4.69) is 10.3 Å². The highest BCUT2D eigenvalue weighted by Crippen LogP contribution is 2.35. The first-order chi connectivity index (χ1) is 16.9. The molecule has 2 heterocycles. The Morgan fingerprint density at radius 3 is 2.69 bits per heavy atom. The van der Waals surface area contributed by atoms with Gasteiger partial charge in [0.05, 0.1) is 40.5 Å². The second-order valence-corrected chi connectivity index (χ2v) is 8.08. The molecule has 1 aliphatic heterocycles. The topological polar surface area (TPSA) is 122 Å². The van der Waals surface area contributed by atoms with Gasteiger partial charge in [-0.3, -0.25) is 9.78 Å². The van der Waals surface area contributed by atoms with Crippen LogP contribution in [0.15, 0.2) is 36.4 Å². The van der Waals surface area contributed by atoms with Gasteiger partial charge in [0.25, 0.3) is 5.91 Å². The average Bonchev–Trinajstić information content (AvgIpc) is 2.86. The number of esters is 1. The molecular formula is C26H29N3O6. The Balaban J connectivity index is 1.55. The fourth-order valence-electron chi connectivity index (χ4n) is 3.99. The number of nitrogen functional groups attached to an aromatic ring is 1. The lowest BCUT2D eigenvalue weighted by atomic mass is 10.1. The minimum Gasteiger partial charge on any atom is -0.491 e. The van der Waals surface area contributed by atoms with Crippen LogP contribution in [0.25, 0.3) is 10.9 Å². The van der Waals surface area contributed by atoms with Crippen LogP contribution in [0.5, 0.6) is 17.2 Å². The molecule has 184 valence electrons. The minimum atomic E-state index is -0.525. The van der Waals surface area contributed by atoms with Crippen molar-refractivity contribution in [1.29, 1.82) is 0 Å². The Kier molecular flexibility index (Phi) is 7.24. The molecule has 0 saturated carbocycles. The van der Waals surface area contributed by atoms with Crippen LogP contribution in [-0.2, 0) is 4.74 Å². The molecule has 4 rings (SSSR count). The zero-order valence-corrected chi connectivity index (χ0v) is 20.1. The van der Waals surface area contributed by atoms with Gasteiger partial charge in [0.15, 0.2) is 11.5 Å². The number of hydrogen-bond acceptors (Lipinski definition) is 8. The van der Waals surface area contributed by atoms with Crippen LogP contribution in [0.4, 0.5) is 5.69 Å². The smallest absolute Gasteiger partial charge is 0.342 e. The fourth-order valence-corrected chi connectivity index (χ4v) is 3.99. The zero-order valence-electron chi connectivity index (χ0n) is 20.1. The zero-order chi connectivity index (χ0) is 24.9. The summed E-state index contributed by atoms with van der Waals surface area (Å²) in [6, 6.07) is 10.3. The van der Waals surface area contributed by atoms with E-state index in [1.807, 2.05) is 6.92 Å². The summed E-state index contributed by atoms with van der Waals surface area (Å²) in [5.74, 6) is 0.672. The van der Waals surface area contributed by atoms with Crippen LogP contribution >= 0.6 is 0 Å². The Labute approximate surface area is 203 Å². The van der Waals surface area contributed by atoms with Crippen molar-refractivity contribution < 1.29 is 28.5 Å². The Bertz CT molecular complexity index is 1260. The molecule has 0 saturated heterocycles. The number of pyridine rings is 1. The SMILES string of the molecule is CCOC(=O)c1c(C)nc2cccc(OC[C@H](CC)NC(=O)c3cccc4c3OCCO4)c2c1N. The number of nitrogens with one attached hydrogen (secondary N) is 1. The van der Waals surface area contributed by atoms with E-state index in [-0.39, 0.29) is 36.4 Å². The van der Waals surface area contributed by atoms with Crippen molar-refractivity contribution in [1.82, 2.24) is 10.3 Å². The third-order valence-electron chi connectivity index (χ3n) is 5.75. The first-order valence-electron chi connectivity index (χ1n) is 11.6. The number of rotatable bonds is 8. The number of carbonyl (C=O) groups is 2. The predicted octanol–water partition coefficient (Wildman–Crippen LogP) is 3.66. The molecule has 0 aliphatic carbocycles. The van der Waals surface area contributed by atoms with E-state index in [0.29, 0.717) is 59.0 Å². The van der Waals surface area contributed by atoms with Crippen molar-refractivity contribution >= 4 is 28.5 Å². The average molecular weight is 480 g/mol. The van der Waals surface area contributed by atoms with E-state index < -0.39 is 5.97 Å². The molecule has 0 spiro atoms. The van der Waals surface area contributed by atoms with E-state index in [9.17, 15) is 9.59 Å². The van der Waals surface area contributed by atoms with Crippen molar-refractivity contribution in [2.24, 2.45) is 0 Å². The molecule has 3 N–H and O–H groups in total. The number of nitrogens with zero attached hydrogens (tertiary/aromatic N) is 1. The van der Waals surface area contributed by atoms with E-state index in [1.165, 1.54) is 0 Å². The van der Waals surface area contributed by atoms with Gasteiger partial charge in [0.2, 0.25) is 0 Å². The van der Waals surface area contributed by atoms with Gasteiger partial charge in [-0.2, -0.15) is 0 Å². The van der Waals surface area contributed by atoms with Gasteiger partial charge in [-0.05, 0) is 44.5 Å². The third kappa shape index (κ3) is 4.94. The quantitative estimate of drug-likeness (QED) is 0.470. The van der Waals surface area contributed by atoms with Gasteiger partial charge in [-0.15, -0.1) is 0 Å². The Hall–Kier alpha value is -4.01. The summed E-state index contributed by atoms with van der Waals surface area (Å²) < 4.78 is 22.5. The van der Waals surface area contributed by atoms with Crippen molar-refractivity contribution in [2.45, 2.75) is 33.2 Å². The number of hydrogen-bond donors (Lipinski definition) is 2. The molecule has 1 aromatic heterocycles. The van der Waals surface area contributed by atoms with Gasteiger partial charge < -0.3 is 30.0 Å². The number of aromatic nitrogens is 1. The molecular weight excluding hydrogens is 450 g/mol. The van der Waals surface area contributed by atoms with E-state index >= 15 is 0 Å². The molecule has 0 radical (unpaired) electrons. The van der Waals surface area contributed by atoms with Gasteiger partial charge in [0, 0.05) is 0 Å². The molecule has 0 fully saturated rings. The second kappa shape index (κ2) is 10.5. The first kappa shape index (κ1) is 24.1. The molecule has 0 bridgehead atoms. The van der Waals surface area contributed by atoms with Crippen LogP contribution in [0.3, 0.4) is 0 Å². The van der Waals surface area contributed by atoms with Crippen LogP contribution in [0, 0.1) is 6.92 Å². The number of ether oxygens (including phenoxy) is 4. The highest BCUT2D eigenvalue weighted by Gasteiger charge is 2.23. The first-order valence-corrected chi connectivity index (χ1v) is 11.6. The number of anilines is 1. The lowest BCUT2D eigenvalue weighted by molar-refractivity contribution is 0.0526. The predicted molar refractivity (Wildman–Crippen MR) is 131 cm³/mol. The van der Waals surface area contributed by atoms with Crippen LogP contribution in [0.1, 0.15) is 46.7 Å². The van der Waals surface area contributed by atoms with Gasteiger partial charge in [0.1, 0.15) is 31.1 Å². The fraction of sp³-hybridized carbons (Fsp3) is 0.346. The van der Waals surface area contributed by atoms with Crippen LogP contribution in [0.2, 0.25) is 0 Å². The molecule has 2 aromatic carbocycles. The molecule has 9 heteroatoms. The normalized spacial score (nSPS) is 13.2. The number of nitrogens with two attached hydrogens (primary N) is 1. The maximum absolute atomic E-state index is 13.0. The van der Waals surface area contributed by atoms with Crippen molar-refractivity contribution in [3.63, 3.8) is 0 Å². The number of amides is 1. The molecule has 1 aliphatic rings. The van der Waals surface area contributed by atoms with Crippen molar-refractivity contribution in [3.05, 3.63) is 53.2 Å². The van der Waals surface area contributed by atoms with E-state index in [4.69, 9.17) is 24.7 Å². The molecule has 35 heavy (non-hydrogen) atoms. The summed E-state index contributed by atoms with van der Waals surface area (Å²) in [5, 5.41) is 3.53. The molecule has 1 amide bonds. The van der Waals surface area contributed by atoms with Crippen LogP contribution in [-0.4, -0.2) is 49.3 Å². The largest absolute Gasteiger partial charge is 0.491 e. The standard InChI is InChI=1S/C26H29N3O6/c1-4-16(29-25(30)17-8-6-11-20-24(17)34-13-12-33-20)14-35-19-10-7-9-18-22(19)23(27)21(15(3)28-18)26(31)32-5-2/h6-11,16H,4-5,12-14H2,1-3H3,(H2,27,28)(H,29,30)/t16-/m0/s1. The summed E-state index contributed by atoms with van der Waals surface area (Å²) >= 11 is 0. The van der Waals surface area contributed by atoms with Crippen molar-refractivity contribution in [3.8, 4) is 17.2 Å². The van der Waals surface area contributed by atoms with Gasteiger partial charge in [-0.25, -0.2) is 4.79 Å². The highest BCUT2D eigenvalue weighted by molar-refractivity contribution is 6.07. The lowest BCUT2D eigenvalue weighted by Gasteiger charge is -2.23. The summed E-state index contributed by atoms with van der Waals surface area (Å²) in [7, 11) is 0. The maximum atomic E-state index is 13.0. The van der Waals surface area contributed by atoms with Gasteiger partial charge >= 0.3 is 5.97 Å². The number of para-hydroxylation sites is 1. The molecule has 9 nitrogen and oxygen atoms in total. The van der Waals surface area contributed by atoms with E-state index in [1.54, 1.807) is 50.2 Å². The summed E-state index contributed by atoms with van der Waals surface area (Å²) in [5.41, 5.74) is 8.39. The second-order valence-electron chi connectivity index (χ2n) is 8.08. The summed E-state index contributed by atoms with van der Waals surface area (Å²) in [6.45, 7) is 6.66. The minimum absolute atomic E-state index is 0.190. The third-order valence-corrected chi connectivity index (χ3v) is 5.75. The Morgan fingerprint density at radius 1 is 1.14 bits per heavy atom. The highest BCUT2D eigenvalue weighted by atomic mass is 16.6. The van der Waals surface area contributed by atoms with Gasteiger partial charge in [-0.1, -0.05) is 19.1 Å². The molecule has 3 aromatic rings. The maximum Gasteiger partial charge on any atom is 0.342 e. The number of aryl methyl sites for hydroxylation is 1. The summed E-state index contributed by atoms with van der Waals surface area (Å²) in [4.78, 5) is 30.0. The molecule has 1 atom stereocenters. The van der Waals surface area contributed by atoms with E-state index in [0.717, 1.165) is 0 Å². The monoisotopic (exact) mass is 479 g/mol. The number of carbonyl (C=O) groups excluding carboxylic acids is 2. The van der Waals surface area contributed by atoms with Crippen LogP contribution < -0.4 is 25.3 Å².